The number of hydrogen-bond acceptors (Lipinski definition) is 7. The Hall–Kier alpha value is -0.770. The summed E-state index contributed by atoms with van der Waals surface area (Å²) in [6, 6.07) is 0. The lowest BCUT2D eigenvalue weighted by Gasteiger charge is -2.42. The Labute approximate surface area is 117 Å². The van der Waals surface area contributed by atoms with Crippen molar-refractivity contribution in [3.05, 3.63) is 0 Å². The SMILES string of the molecule is CCCCCC(=O)N(N)C1O[C@H](CO)[C@H](O)[C@H](O)[C@H]1O. The Morgan fingerprint density at radius 2 is 1.85 bits per heavy atom. The lowest BCUT2D eigenvalue weighted by Crippen LogP contribution is -2.65. The second-order valence-electron chi connectivity index (χ2n) is 4.98. The summed E-state index contributed by atoms with van der Waals surface area (Å²) in [6.45, 7) is 1.45. The lowest BCUT2D eigenvalue weighted by atomic mass is 9.98. The Balaban J connectivity index is 2.65. The van der Waals surface area contributed by atoms with Gasteiger partial charge in [-0.3, -0.25) is 4.79 Å². The molecule has 1 amide bonds. The second kappa shape index (κ2) is 7.87. The summed E-state index contributed by atoms with van der Waals surface area (Å²) in [6.07, 6.45) is -4.19. The summed E-state index contributed by atoms with van der Waals surface area (Å²) in [4.78, 5) is 11.8. The van der Waals surface area contributed by atoms with Gasteiger partial charge in [0.15, 0.2) is 6.23 Å². The average Bonchev–Trinajstić information content (AvgIpc) is 2.44. The highest BCUT2D eigenvalue weighted by atomic mass is 16.6. The maximum absolute atomic E-state index is 11.8. The van der Waals surface area contributed by atoms with Crippen LogP contribution in [0.5, 0.6) is 0 Å². The molecular formula is C12H24N2O6. The molecule has 1 heterocycles. The molecule has 0 radical (unpaired) electrons. The number of aliphatic hydroxyl groups excluding tert-OH is 4. The highest BCUT2D eigenvalue weighted by Gasteiger charge is 2.46. The zero-order valence-corrected chi connectivity index (χ0v) is 11.6. The molecule has 8 heteroatoms. The molecule has 1 aliphatic heterocycles. The minimum atomic E-state index is -1.54. The van der Waals surface area contributed by atoms with Crippen molar-refractivity contribution in [1.82, 2.24) is 5.01 Å². The molecule has 20 heavy (non-hydrogen) atoms. The van der Waals surface area contributed by atoms with Crippen LogP contribution in [0.15, 0.2) is 0 Å². The zero-order chi connectivity index (χ0) is 15.3. The number of rotatable bonds is 6. The van der Waals surface area contributed by atoms with E-state index in [9.17, 15) is 20.1 Å². The van der Waals surface area contributed by atoms with Gasteiger partial charge in [0.05, 0.1) is 6.61 Å². The molecule has 8 nitrogen and oxygen atoms in total. The molecule has 0 saturated carbocycles. The van der Waals surface area contributed by atoms with E-state index in [0.29, 0.717) is 6.42 Å². The summed E-state index contributed by atoms with van der Waals surface area (Å²) in [5.41, 5.74) is 0. The van der Waals surface area contributed by atoms with Crippen LogP contribution in [0.25, 0.3) is 0 Å². The van der Waals surface area contributed by atoms with Gasteiger partial charge in [-0.1, -0.05) is 19.8 Å². The fourth-order valence-electron chi connectivity index (χ4n) is 2.11. The monoisotopic (exact) mass is 292 g/mol. The third-order valence-corrected chi connectivity index (χ3v) is 3.42. The molecule has 0 aromatic heterocycles. The van der Waals surface area contributed by atoms with Gasteiger partial charge in [-0.25, -0.2) is 10.9 Å². The normalized spacial score (nSPS) is 34.0. The van der Waals surface area contributed by atoms with Crippen molar-refractivity contribution in [2.24, 2.45) is 5.84 Å². The summed E-state index contributed by atoms with van der Waals surface area (Å²) in [7, 11) is 0. The third-order valence-electron chi connectivity index (χ3n) is 3.42. The fraction of sp³-hybridized carbons (Fsp3) is 0.917. The number of aliphatic hydroxyl groups is 4. The van der Waals surface area contributed by atoms with Crippen LogP contribution in [0, 0.1) is 0 Å². The van der Waals surface area contributed by atoms with E-state index in [1.54, 1.807) is 0 Å². The first-order valence-electron chi connectivity index (χ1n) is 6.81. The van der Waals surface area contributed by atoms with E-state index in [0.717, 1.165) is 17.9 Å². The van der Waals surface area contributed by atoms with Crippen LogP contribution >= 0.6 is 0 Å². The fourth-order valence-corrected chi connectivity index (χ4v) is 2.11. The molecule has 1 unspecified atom stereocenters. The highest BCUT2D eigenvalue weighted by Crippen LogP contribution is 2.22. The first kappa shape index (κ1) is 17.3. The van der Waals surface area contributed by atoms with Gasteiger partial charge in [0, 0.05) is 6.42 Å². The maximum Gasteiger partial charge on any atom is 0.238 e. The van der Waals surface area contributed by atoms with Crippen molar-refractivity contribution in [3.8, 4) is 0 Å². The van der Waals surface area contributed by atoms with Gasteiger partial charge < -0.3 is 25.2 Å². The van der Waals surface area contributed by atoms with Crippen LogP contribution in [-0.4, -0.2) is 68.6 Å². The van der Waals surface area contributed by atoms with Crippen molar-refractivity contribution < 1.29 is 30.0 Å². The van der Waals surface area contributed by atoms with E-state index in [2.05, 4.69) is 0 Å². The molecule has 5 atom stereocenters. The van der Waals surface area contributed by atoms with Crippen LogP contribution in [-0.2, 0) is 9.53 Å². The number of nitrogens with two attached hydrogens (primary N) is 1. The molecule has 118 valence electrons. The van der Waals surface area contributed by atoms with Crippen molar-refractivity contribution in [1.29, 1.82) is 0 Å². The molecule has 0 spiro atoms. The number of nitrogens with zero attached hydrogens (tertiary/aromatic N) is 1. The molecule has 0 aliphatic carbocycles. The second-order valence-corrected chi connectivity index (χ2v) is 4.98. The summed E-state index contributed by atoms with van der Waals surface area (Å²) in [5, 5.41) is 38.9. The van der Waals surface area contributed by atoms with Gasteiger partial charge in [0.1, 0.15) is 24.4 Å². The van der Waals surface area contributed by atoms with E-state index < -0.39 is 43.2 Å². The van der Waals surface area contributed by atoms with E-state index in [-0.39, 0.29) is 6.42 Å². The van der Waals surface area contributed by atoms with Gasteiger partial charge in [-0.05, 0) is 6.42 Å². The van der Waals surface area contributed by atoms with Crippen LogP contribution in [0.2, 0.25) is 0 Å². The van der Waals surface area contributed by atoms with Crippen molar-refractivity contribution in [2.75, 3.05) is 6.61 Å². The predicted molar refractivity (Wildman–Crippen MR) is 68.9 cm³/mol. The first-order chi connectivity index (χ1) is 9.43. The molecule has 1 aliphatic rings. The van der Waals surface area contributed by atoms with Crippen LogP contribution in [0.3, 0.4) is 0 Å². The van der Waals surface area contributed by atoms with Crippen molar-refractivity contribution in [3.63, 3.8) is 0 Å². The number of amides is 1. The van der Waals surface area contributed by atoms with E-state index >= 15 is 0 Å². The van der Waals surface area contributed by atoms with Crippen LogP contribution in [0.4, 0.5) is 0 Å². The topological polar surface area (TPSA) is 136 Å². The molecule has 0 aromatic carbocycles. The van der Waals surface area contributed by atoms with Crippen molar-refractivity contribution >= 4 is 5.91 Å². The smallest absolute Gasteiger partial charge is 0.238 e. The molecular weight excluding hydrogens is 268 g/mol. The number of carbonyl (C=O) groups is 1. The molecule has 1 fully saturated rings. The number of carbonyl (C=O) groups excluding carboxylic acids is 1. The minimum absolute atomic E-state index is 0.208. The van der Waals surface area contributed by atoms with Gasteiger partial charge in [-0.15, -0.1) is 0 Å². The largest absolute Gasteiger partial charge is 0.394 e. The minimum Gasteiger partial charge on any atom is -0.394 e. The summed E-state index contributed by atoms with van der Waals surface area (Å²) >= 11 is 0. The van der Waals surface area contributed by atoms with Crippen molar-refractivity contribution in [2.45, 2.75) is 63.3 Å². The molecule has 6 N–H and O–H groups in total. The van der Waals surface area contributed by atoms with Gasteiger partial charge in [0.25, 0.3) is 0 Å². The predicted octanol–water partition coefficient (Wildman–Crippen LogP) is -1.93. The van der Waals surface area contributed by atoms with Gasteiger partial charge >= 0.3 is 0 Å². The van der Waals surface area contributed by atoms with Gasteiger partial charge in [0.2, 0.25) is 5.91 Å². The van der Waals surface area contributed by atoms with E-state index in [1.165, 1.54) is 0 Å². The quantitative estimate of drug-likeness (QED) is 0.166. The molecule has 0 aromatic rings. The van der Waals surface area contributed by atoms with Gasteiger partial charge in [-0.2, -0.15) is 0 Å². The first-order valence-corrected chi connectivity index (χ1v) is 6.81. The van der Waals surface area contributed by atoms with E-state index in [4.69, 9.17) is 15.7 Å². The number of hydrazine groups is 1. The molecule has 1 rings (SSSR count). The number of hydrogen-bond donors (Lipinski definition) is 5. The Morgan fingerprint density at radius 3 is 2.40 bits per heavy atom. The van der Waals surface area contributed by atoms with Crippen LogP contribution in [0.1, 0.15) is 32.6 Å². The average molecular weight is 292 g/mol. The third kappa shape index (κ3) is 3.87. The van der Waals surface area contributed by atoms with Crippen LogP contribution < -0.4 is 5.84 Å². The Kier molecular flexibility index (Phi) is 6.80. The summed E-state index contributed by atoms with van der Waals surface area (Å²) in [5.74, 6) is 5.19. The van der Waals surface area contributed by atoms with E-state index in [1.807, 2.05) is 6.92 Å². The highest BCUT2D eigenvalue weighted by molar-refractivity contribution is 5.75. The lowest BCUT2D eigenvalue weighted by molar-refractivity contribution is -0.263. The summed E-state index contributed by atoms with van der Waals surface area (Å²) < 4.78 is 5.19. The number of ether oxygens (including phenoxy) is 1. The Bertz CT molecular complexity index is 314. The zero-order valence-electron chi connectivity index (χ0n) is 11.6. The number of unbranched alkanes of at least 4 members (excludes halogenated alkanes) is 2. The molecule has 0 bridgehead atoms. The Morgan fingerprint density at radius 1 is 1.20 bits per heavy atom. The maximum atomic E-state index is 11.8. The standard InChI is InChI=1S/C12H24N2O6/c1-2-3-4-5-8(16)14(13)12-11(19)10(18)9(17)7(6-15)20-12/h7,9-12,15,17-19H,2-6,13H2,1H3/t7-,9+,10+,11-,12?/m1/s1. The molecule has 1 saturated heterocycles.